The third-order valence-corrected chi connectivity index (χ3v) is 5.31. The molecule has 1 aromatic heterocycles. The Morgan fingerprint density at radius 2 is 1.93 bits per heavy atom. The lowest BCUT2D eigenvalue weighted by Crippen LogP contribution is -2.23. The minimum Gasteiger partial charge on any atom is -0.449 e. The molecule has 0 spiro atoms. The second kappa shape index (κ2) is 7.06. The lowest BCUT2D eigenvalue weighted by Gasteiger charge is -2.22. The van der Waals surface area contributed by atoms with E-state index in [2.05, 4.69) is 11.5 Å². The van der Waals surface area contributed by atoms with Gasteiger partial charge in [0.1, 0.15) is 5.82 Å². The van der Waals surface area contributed by atoms with Crippen LogP contribution in [0.15, 0.2) is 48.8 Å². The normalized spacial score (nSPS) is 16.0. The zero-order valence-electron chi connectivity index (χ0n) is 15.6. The van der Waals surface area contributed by atoms with Crippen LogP contribution in [0.2, 0.25) is 0 Å². The van der Waals surface area contributed by atoms with E-state index in [1.165, 1.54) is 39.5 Å². The van der Waals surface area contributed by atoms with Crippen LogP contribution in [0.5, 0.6) is 0 Å². The zero-order valence-corrected chi connectivity index (χ0v) is 15.6. The summed E-state index contributed by atoms with van der Waals surface area (Å²) in [6.45, 7) is 5.29. The third kappa shape index (κ3) is 3.07. The van der Waals surface area contributed by atoms with E-state index in [-0.39, 0.29) is 17.8 Å². The van der Waals surface area contributed by atoms with Gasteiger partial charge in [-0.15, -0.1) is 0 Å². The molecule has 27 heavy (non-hydrogen) atoms. The Kier molecular flexibility index (Phi) is 4.60. The van der Waals surface area contributed by atoms with E-state index >= 15 is 0 Å². The minimum absolute atomic E-state index is 0.0567. The highest BCUT2D eigenvalue weighted by Gasteiger charge is 2.28. The average Bonchev–Trinajstić information content (AvgIpc) is 3.25. The second-order valence-electron chi connectivity index (χ2n) is 6.91. The third-order valence-electron chi connectivity index (χ3n) is 5.31. The van der Waals surface area contributed by atoms with E-state index in [0.717, 1.165) is 24.9 Å². The number of halogens is 1. The summed E-state index contributed by atoms with van der Waals surface area (Å²) in [5.41, 5.74) is 6.04. The van der Waals surface area contributed by atoms with Gasteiger partial charge in [-0.05, 0) is 49.9 Å². The molecule has 2 aromatic rings. The van der Waals surface area contributed by atoms with Crippen LogP contribution in [0.4, 0.5) is 9.18 Å². The summed E-state index contributed by atoms with van der Waals surface area (Å²) in [4.78, 5) is 13.4. The predicted molar refractivity (Wildman–Crippen MR) is 103 cm³/mol. The first-order valence-corrected chi connectivity index (χ1v) is 9.39. The molecule has 4 rings (SSSR count). The van der Waals surface area contributed by atoms with E-state index in [1.807, 2.05) is 24.3 Å². The van der Waals surface area contributed by atoms with Crippen LogP contribution in [0.25, 0.3) is 11.1 Å². The van der Waals surface area contributed by atoms with Gasteiger partial charge in [-0.1, -0.05) is 24.3 Å². The second-order valence-corrected chi connectivity index (χ2v) is 6.91. The predicted octanol–water partition coefficient (Wildman–Crippen LogP) is 5.13. The standard InChI is InChI=1S/C22H23FN2O2/c1-3-27-22(26)24-13-10-17(11-14-24)21-20(16-6-8-18(23)9-7-16)15(2)19-5-4-12-25(19)21/h6-11,13-14,17H,3-5,12H2,1-2H3. The Morgan fingerprint density at radius 3 is 2.59 bits per heavy atom. The van der Waals surface area contributed by atoms with Gasteiger partial charge in [-0.2, -0.15) is 0 Å². The number of aromatic nitrogens is 1. The summed E-state index contributed by atoms with van der Waals surface area (Å²) in [6, 6.07) is 6.71. The van der Waals surface area contributed by atoms with E-state index in [1.54, 1.807) is 19.3 Å². The first-order valence-electron chi connectivity index (χ1n) is 9.39. The fourth-order valence-corrected chi connectivity index (χ4v) is 4.12. The van der Waals surface area contributed by atoms with Crippen LogP contribution in [-0.4, -0.2) is 22.2 Å². The van der Waals surface area contributed by atoms with Crippen molar-refractivity contribution in [2.45, 2.75) is 39.2 Å². The van der Waals surface area contributed by atoms with Crippen molar-refractivity contribution >= 4 is 6.09 Å². The number of hydrogen-bond donors (Lipinski definition) is 0. The maximum atomic E-state index is 13.4. The molecular formula is C22H23FN2O2. The molecule has 2 aliphatic rings. The monoisotopic (exact) mass is 366 g/mol. The molecule has 2 aliphatic heterocycles. The number of carbonyl (C=O) groups is 1. The van der Waals surface area contributed by atoms with E-state index in [4.69, 9.17) is 4.74 Å². The van der Waals surface area contributed by atoms with Gasteiger partial charge >= 0.3 is 6.09 Å². The Bertz CT molecular complexity index is 911. The van der Waals surface area contributed by atoms with Crippen molar-refractivity contribution in [1.29, 1.82) is 0 Å². The number of allylic oxidation sites excluding steroid dienone is 2. The molecule has 0 radical (unpaired) electrons. The maximum absolute atomic E-state index is 13.4. The summed E-state index contributed by atoms with van der Waals surface area (Å²) in [5, 5.41) is 0. The minimum atomic E-state index is -0.376. The number of hydrogen-bond acceptors (Lipinski definition) is 2. The van der Waals surface area contributed by atoms with Crippen molar-refractivity contribution in [2.75, 3.05) is 6.61 Å². The maximum Gasteiger partial charge on any atom is 0.417 e. The highest BCUT2D eigenvalue weighted by atomic mass is 19.1. The molecule has 4 nitrogen and oxygen atoms in total. The molecule has 5 heteroatoms. The molecular weight excluding hydrogens is 343 g/mol. The first kappa shape index (κ1) is 17.6. The van der Waals surface area contributed by atoms with Gasteiger partial charge in [0.05, 0.1) is 6.61 Å². The lowest BCUT2D eigenvalue weighted by atomic mass is 9.92. The number of carbonyl (C=O) groups excluding carboxylic acids is 1. The average molecular weight is 366 g/mol. The smallest absolute Gasteiger partial charge is 0.417 e. The van der Waals surface area contributed by atoms with Gasteiger partial charge in [0.25, 0.3) is 0 Å². The van der Waals surface area contributed by atoms with Crippen molar-refractivity contribution in [1.82, 2.24) is 9.47 Å². The molecule has 0 saturated heterocycles. The number of fused-ring (bicyclic) bond motifs is 1. The molecule has 0 N–H and O–H groups in total. The molecule has 0 unspecified atom stereocenters. The summed E-state index contributed by atoms with van der Waals surface area (Å²) in [6.07, 6.45) is 9.40. The highest BCUT2D eigenvalue weighted by Crippen LogP contribution is 2.41. The molecule has 0 fully saturated rings. The molecule has 0 bridgehead atoms. The SMILES string of the molecule is CCOC(=O)N1C=CC(c2c(-c3ccc(F)cc3)c(C)c3n2CCC3)C=C1. The Labute approximate surface area is 158 Å². The lowest BCUT2D eigenvalue weighted by molar-refractivity contribution is 0.133. The fraction of sp³-hybridized carbons (Fsp3) is 0.318. The molecule has 140 valence electrons. The molecule has 0 saturated carbocycles. The van der Waals surface area contributed by atoms with Crippen molar-refractivity contribution in [3.8, 4) is 11.1 Å². The van der Waals surface area contributed by atoms with Crippen molar-refractivity contribution in [3.63, 3.8) is 0 Å². The van der Waals surface area contributed by atoms with Crippen molar-refractivity contribution in [3.05, 3.63) is 71.6 Å². The van der Waals surface area contributed by atoms with Gasteiger partial charge in [-0.25, -0.2) is 9.18 Å². The van der Waals surface area contributed by atoms with Crippen LogP contribution in [0, 0.1) is 12.7 Å². The van der Waals surface area contributed by atoms with Crippen LogP contribution >= 0.6 is 0 Å². The Hall–Kier alpha value is -2.82. The fourth-order valence-electron chi connectivity index (χ4n) is 4.12. The van der Waals surface area contributed by atoms with Crippen LogP contribution in [0.3, 0.4) is 0 Å². The van der Waals surface area contributed by atoms with Crippen LogP contribution in [0.1, 0.15) is 36.2 Å². The number of nitrogens with zero attached hydrogens (tertiary/aromatic N) is 2. The molecule has 0 aliphatic carbocycles. The van der Waals surface area contributed by atoms with Crippen LogP contribution < -0.4 is 0 Å². The summed E-state index contributed by atoms with van der Waals surface area (Å²) in [7, 11) is 0. The highest BCUT2D eigenvalue weighted by molar-refractivity contribution is 5.74. The number of amides is 1. The van der Waals surface area contributed by atoms with Gasteiger partial charge in [0, 0.05) is 41.8 Å². The summed E-state index contributed by atoms with van der Waals surface area (Å²) >= 11 is 0. The summed E-state index contributed by atoms with van der Waals surface area (Å²) < 4.78 is 20.9. The van der Waals surface area contributed by atoms with Gasteiger partial charge < -0.3 is 9.30 Å². The zero-order chi connectivity index (χ0) is 19.0. The largest absolute Gasteiger partial charge is 0.449 e. The number of rotatable bonds is 3. The topological polar surface area (TPSA) is 34.5 Å². The molecule has 1 aromatic carbocycles. The van der Waals surface area contributed by atoms with E-state index in [9.17, 15) is 9.18 Å². The van der Waals surface area contributed by atoms with Crippen molar-refractivity contribution in [2.24, 2.45) is 0 Å². The molecule has 0 atom stereocenters. The number of ether oxygens (including phenoxy) is 1. The first-order chi connectivity index (χ1) is 13.1. The Balaban J connectivity index is 1.74. The van der Waals surface area contributed by atoms with Gasteiger partial charge in [-0.3, -0.25) is 4.90 Å². The quantitative estimate of drug-likeness (QED) is 0.754. The van der Waals surface area contributed by atoms with Crippen molar-refractivity contribution < 1.29 is 13.9 Å². The summed E-state index contributed by atoms with van der Waals surface area (Å²) in [5.74, 6) is -0.173. The molecule has 3 heterocycles. The van der Waals surface area contributed by atoms with Gasteiger partial charge in [0.15, 0.2) is 0 Å². The van der Waals surface area contributed by atoms with Crippen LogP contribution in [-0.2, 0) is 17.7 Å². The molecule has 1 amide bonds. The number of benzene rings is 1. The van der Waals surface area contributed by atoms with Gasteiger partial charge in [0.2, 0.25) is 0 Å². The Morgan fingerprint density at radius 1 is 1.22 bits per heavy atom. The van der Waals surface area contributed by atoms with E-state index in [0.29, 0.717) is 6.61 Å². The van der Waals surface area contributed by atoms with E-state index < -0.39 is 0 Å².